The quantitative estimate of drug-likeness (QED) is 0.603. The maximum atomic E-state index is 12.5. The van der Waals surface area contributed by atoms with Crippen molar-refractivity contribution >= 4 is 5.91 Å². The van der Waals surface area contributed by atoms with E-state index in [-0.39, 0.29) is 12.7 Å². The molecule has 4 rings (SSSR count). The Kier molecular flexibility index (Phi) is 6.05. The highest BCUT2D eigenvalue weighted by molar-refractivity contribution is 5.91. The van der Waals surface area contributed by atoms with E-state index < -0.39 is 0 Å². The zero-order valence-corrected chi connectivity index (χ0v) is 17.3. The second-order valence-corrected chi connectivity index (χ2v) is 7.62. The molecule has 30 heavy (non-hydrogen) atoms. The summed E-state index contributed by atoms with van der Waals surface area (Å²) in [5.74, 6) is 2.28. The lowest BCUT2D eigenvalue weighted by Gasteiger charge is -2.25. The van der Waals surface area contributed by atoms with Gasteiger partial charge >= 0.3 is 0 Å². The third kappa shape index (κ3) is 4.83. The number of carbonyl (C=O) groups excluding carboxylic acids is 1. The average molecular weight is 406 g/mol. The van der Waals surface area contributed by atoms with E-state index in [0.717, 1.165) is 23.6 Å². The van der Waals surface area contributed by atoms with Crippen molar-refractivity contribution in [3.63, 3.8) is 0 Å². The SMILES string of the molecule is CC(C)N(Cc1ccccc1)Cc1ccc(C(=O)NCc2ccc3c(c2)OCO3)o1. The van der Waals surface area contributed by atoms with Gasteiger partial charge in [0.15, 0.2) is 17.3 Å². The fraction of sp³-hybridized carbons (Fsp3) is 0.292. The first kappa shape index (κ1) is 20.0. The van der Waals surface area contributed by atoms with Crippen LogP contribution >= 0.6 is 0 Å². The molecule has 1 aromatic heterocycles. The Morgan fingerprint density at radius 1 is 0.967 bits per heavy atom. The van der Waals surface area contributed by atoms with Crippen LogP contribution in [0.25, 0.3) is 0 Å². The van der Waals surface area contributed by atoms with E-state index in [0.29, 0.717) is 30.6 Å². The molecule has 0 radical (unpaired) electrons. The molecular weight excluding hydrogens is 380 g/mol. The third-order valence-electron chi connectivity index (χ3n) is 5.09. The van der Waals surface area contributed by atoms with Gasteiger partial charge in [-0.1, -0.05) is 36.4 Å². The normalized spacial score (nSPS) is 12.5. The summed E-state index contributed by atoms with van der Waals surface area (Å²) in [6.07, 6.45) is 0. The van der Waals surface area contributed by atoms with Crippen molar-refractivity contribution in [2.24, 2.45) is 0 Å². The highest BCUT2D eigenvalue weighted by Gasteiger charge is 2.17. The molecule has 1 aliphatic heterocycles. The van der Waals surface area contributed by atoms with E-state index in [1.165, 1.54) is 5.56 Å². The van der Waals surface area contributed by atoms with Crippen molar-refractivity contribution in [2.45, 2.75) is 39.5 Å². The summed E-state index contributed by atoms with van der Waals surface area (Å²) in [7, 11) is 0. The van der Waals surface area contributed by atoms with Gasteiger partial charge in [-0.05, 0) is 49.2 Å². The van der Waals surface area contributed by atoms with E-state index in [9.17, 15) is 4.79 Å². The second-order valence-electron chi connectivity index (χ2n) is 7.62. The number of carbonyl (C=O) groups is 1. The zero-order chi connectivity index (χ0) is 20.9. The van der Waals surface area contributed by atoms with Crippen LogP contribution < -0.4 is 14.8 Å². The van der Waals surface area contributed by atoms with Gasteiger partial charge in [-0.25, -0.2) is 0 Å². The predicted octanol–water partition coefficient (Wildman–Crippen LogP) is 4.35. The van der Waals surface area contributed by atoms with E-state index in [1.54, 1.807) is 6.07 Å². The van der Waals surface area contributed by atoms with Crippen molar-refractivity contribution in [3.8, 4) is 11.5 Å². The summed E-state index contributed by atoms with van der Waals surface area (Å²) < 4.78 is 16.5. The van der Waals surface area contributed by atoms with Crippen molar-refractivity contribution in [1.82, 2.24) is 10.2 Å². The summed E-state index contributed by atoms with van der Waals surface area (Å²) in [5.41, 5.74) is 2.19. The van der Waals surface area contributed by atoms with Crippen molar-refractivity contribution in [3.05, 3.63) is 83.3 Å². The van der Waals surface area contributed by atoms with E-state index in [2.05, 4.69) is 36.2 Å². The molecule has 0 saturated heterocycles. The summed E-state index contributed by atoms with van der Waals surface area (Å²) in [6.45, 7) is 6.40. The number of fused-ring (bicyclic) bond motifs is 1. The van der Waals surface area contributed by atoms with Gasteiger partial charge in [0, 0.05) is 19.1 Å². The molecule has 0 atom stereocenters. The lowest BCUT2D eigenvalue weighted by molar-refractivity contribution is 0.0917. The van der Waals surface area contributed by atoms with E-state index >= 15 is 0 Å². The number of benzene rings is 2. The Hall–Kier alpha value is -3.25. The van der Waals surface area contributed by atoms with Gasteiger partial charge in [0.1, 0.15) is 5.76 Å². The standard InChI is InChI=1S/C24H26N2O4/c1-17(2)26(14-18-6-4-3-5-7-18)15-20-9-11-22(30-20)24(27)25-13-19-8-10-21-23(12-19)29-16-28-21/h3-12,17H,13-16H2,1-2H3,(H,25,27). The van der Waals surface area contributed by atoms with Crippen LogP contribution in [0.2, 0.25) is 0 Å². The summed E-state index contributed by atoms with van der Waals surface area (Å²) in [4.78, 5) is 14.8. The number of amides is 1. The monoisotopic (exact) mass is 406 g/mol. The van der Waals surface area contributed by atoms with Crippen LogP contribution in [0, 0.1) is 0 Å². The number of rotatable bonds is 8. The number of furan rings is 1. The molecule has 6 nitrogen and oxygen atoms in total. The molecule has 0 fully saturated rings. The van der Waals surface area contributed by atoms with Crippen molar-refractivity contribution in [1.29, 1.82) is 0 Å². The Labute approximate surface area is 176 Å². The van der Waals surface area contributed by atoms with Crippen LogP contribution in [0.4, 0.5) is 0 Å². The zero-order valence-electron chi connectivity index (χ0n) is 17.3. The van der Waals surface area contributed by atoms with E-state index in [4.69, 9.17) is 13.9 Å². The minimum absolute atomic E-state index is 0.234. The molecule has 6 heteroatoms. The molecule has 1 aliphatic rings. The Morgan fingerprint density at radius 2 is 1.77 bits per heavy atom. The minimum atomic E-state index is -0.238. The third-order valence-corrected chi connectivity index (χ3v) is 5.09. The first-order valence-corrected chi connectivity index (χ1v) is 10.1. The lowest BCUT2D eigenvalue weighted by atomic mass is 10.2. The van der Waals surface area contributed by atoms with Crippen LogP contribution in [0.3, 0.4) is 0 Å². The number of nitrogens with one attached hydrogen (secondary N) is 1. The highest BCUT2D eigenvalue weighted by atomic mass is 16.7. The van der Waals surface area contributed by atoms with Gasteiger partial charge in [-0.2, -0.15) is 0 Å². The minimum Gasteiger partial charge on any atom is -0.455 e. The largest absolute Gasteiger partial charge is 0.455 e. The van der Waals surface area contributed by atoms with Crippen LogP contribution in [0.5, 0.6) is 11.5 Å². The van der Waals surface area contributed by atoms with Gasteiger partial charge in [0.2, 0.25) is 6.79 Å². The summed E-state index contributed by atoms with van der Waals surface area (Å²) in [6, 6.07) is 19.9. The van der Waals surface area contributed by atoms with Gasteiger partial charge < -0.3 is 19.2 Å². The molecular formula is C24H26N2O4. The first-order valence-electron chi connectivity index (χ1n) is 10.1. The smallest absolute Gasteiger partial charge is 0.287 e. The maximum Gasteiger partial charge on any atom is 0.287 e. The number of hydrogen-bond donors (Lipinski definition) is 1. The molecule has 3 aromatic rings. The highest BCUT2D eigenvalue weighted by Crippen LogP contribution is 2.32. The number of hydrogen-bond acceptors (Lipinski definition) is 5. The Balaban J connectivity index is 1.34. The Bertz CT molecular complexity index is 997. The van der Waals surface area contributed by atoms with Gasteiger partial charge in [0.05, 0.1) is 6.54 Å². The fourth-order valence-corrected chi connectivity index (χ4v) is 3.34. The molecule has 1 N–H and O–H groups in total. The molecule has 0 saturated carbocycles. The Morgan fingerprint density at radius 3 is 2.57 bits per heavy atom. The van der Waals surface area contributed by atoms with Crippen LogP contribution in [-0.4, -0.2) is 23.6 Å². The first-order chi connectivity index (χ1) is 14.6. The molecule has 2 heterocycles. The fourth-order valence-electron chi connectivity index (χ4n) is 3.34. The molecule has 0 bridgehead atoms. The van der Waals surface area contributed by atoms with Crippen molar-refractivity contribution in [2.75, 3.05) is 6.79 Å². The van der Waals surface area contributed by atoms with Gasteiger partial charge in [-0.15, -0.1) is 0 Å². The van der Waals surface area contributed by atoms with Crippen molar-refractivity contribution < 1.29 is 18.7 Å². The molecule has 0 aliphatic carbocycles. The lowest BCUT2D eigenvalue weighted by Crippen LogP contribution is -2.29. The maximum absolute atomic E-state index is 12.5. The molecule has 2 aromatic carbocycles. The molecule has 0 unspecified atom stereocenters. The number of nitrogens with zero attached hydrogens (tertiary/aromatic N) is 1. The molecule has 1 amide bonds. The van der Waals surface area contributed by atoms with E-state index in [1.807, 2.05) is 42.5 Å². The van der Waals surface area contributed by atoms with Crippen LogP contribution in [0.15, 0.2) is 65.1 Å². The summed E-state index contributed by atoms with van der Waals surface area (Å²) in [5, 5.41) is 2.89. The number of ether oxygens (including phenoxy) is 2. The molecule has 156 valence electrons. The average Bonchev–Trinajstić information content (AvgIpc) is 3.41. The summed E-state index contributed by atoms with van der Waals surface area (Å²) >= 11 is 0. The topological polar surface area (TPSA) is 63.9 Å². The van der Waals surface area contributed by atoms with Gasteiger partial charge in [0.25, 0.3) is 5.91 Å². The van der Waals surface area contributed by atoms with Crippen LogP contribution in [-0.2, 0) is 19.6 Å². The second kappa shape index (κ2) is 9.05. The van der Waals surface area contributed by atoms with Gasteiger partial charge in [-0.3, -0.25) is 9.69 Å². The molecule has 0 spiro atoms. The predicted molar refractivity (Wildman–Crippen MR) is 113 cm³/mol. The van der Waals surface area contributed by atoms with Crippen LogP contribution in [0.1, 0.15) is 41.3 Å².